The van der Waals surface area contributed by atoms with E-state index >= 15 is 0 Å². The summed E-state index contributed by atoms with van der Waals surface area (Å²) in [6, 6.07) is 0. The van der Waals surface area contributed by atoms with E-state index in [1.165, 1.54) is 19.8 Å². The molecule has 0 aromatic carbocycles. The molecule has 1 aliphatic rings. The molecule has 0 bridgehead atoms. The molecule has 1 atom stereocenters. The van der Waals surface area contributed by atoms with E-state index in [-0.39, 0.29) is 5.97 Å². The van der Waals surface area contributed by atoms with Crippen LogP contribution >= 0.6 is 0 Å². The number of esters is 1. The molecule has 0 heterocycles. The summed E-state index contributed by atoms with van der Waals surface area (Å²) in [6.45, 7) is 2.05. The summed E-state index contributed by atoms with van der Waals surface area (Å²) < 4.78 is 4.88. The molecule has 0 radical (unpaired) electrons. The van der Waals surface area contributed by atoms with E-state index in [1.54, 1.807) is 0 Å². The molecule has 68 valence electrons. The second-order valence-corrected chi connectivity index (χ2v) is 3.28. The molecule has 0 aromatic heterocycles. The summed E-state index contributed by atoms with van der Waals surface area (Å²) in [6.07, 6.45) is 9.05. The second kappa shape index (κ2) is 4.96. The molecular formula is C10H16O2. The van der Waals surface area contributed by atoms with Crippen LogP contribution in [0.4, 0.5) is 0 Å². The van der Waals surface area contributed by atoms with Crippen molar-refractivity contribution in [3.63, 3.8) is 0 Å². The van der Waals surface area contributed by atoms with Crippen molar-refractivity contribution in [1.82, 2.24) is 0 Å². The lowest BCUT2D eigenvalue weighted by atomic mass is 9.92. The van der Waals surface area contributed by atoms with Gasteiger partial charge in [-0.2, -0.15) is 0 Å². The Bertz CT molecular complexity index is 173. The van der Waals surface area contributed by atoms with Gasteiger partial charge in [0, 0.05) is 6.92 Å². The molecule has 2 nitrogen and oxygen atoms in total. The average Bonchev–Trinajstić information content (AvgIpc) is 2.05. The largest absolute Gasteiger partial charge is 0.466 e. The van der Waals surface area contributed by atoms with Crippen molar-refractivity contribution in [2.45, 2.75) is 32.6 Å². The molecule has 0 unspecified atom stereocenters. The summed E-state index contributed by atoms with van der Waals surface area (Å²) in [5.41, 5.74) is 0. The Morgan fingerprint density at radius 3 is 3.00 bits per heavy atom. The fourth-order valence-corrected chi connectivity index (χ4v) is 1.49. The Hall–Kier alpha value is -0.790. The minimum atomic E-state index is -0.165. The molecule has 12 heavy (non-hydrogen) atoms. The maximum atomic E-state index is 10.4. The van der Waals surface area contributed by atoms with Gasteiger partial charge < -0.3 is 4.74 Å². The second-order valence-electron chi connectivity index (χ2n) is 3.28. The van der Waals surface area contributed by atoms with E-state index in [1.807, 2.05) is 0 Å². The minimum absolute atomic E-state index is 0.165. The van der Waals surface area contributed by atoms with Gasteiger partial charge in [-0.05, 0) is 31.6 Å². The van der Waals surface area contributed by atoms with E-state index in [2.05, 4.69) is 12.2 Å². The lowest BCUT2D eigenvalue weighted by Crippen LogP contribution is -2.08. The highest BCUT2D eigenvalue weighted by molar-refractivity contribution is 5.65. The number of hydrogen-bond acceptors (Lipinski definition) is 2. The van der Waals surface area contributed by atoms with Crippen LogP contribution in [-0.4, -0.2) is 12.6 Å². The fourth-order valence-electron chi connectivity index (χ4n) is 1.49. The Kier molecular flexibility index (Phi) is 3.85. The Morgan fingerprint density at radius 1 is 1.58 bits per heavy atom. The van der Waals surface area contributed by atoms with Crippen LogP contribution in [0.3, 0.4) is 0 Å². The first-order valence-electron chi connectivity index (χ1n) is 4.57. The molecule has 1 rings (SSSR count). The quantitative estimate of drug-likeness (QED) is 0.477. The van der Waals surface area contributed by atoms with Gasteiger partial charge in [0.25, 0.3) is 0 Å². The zero-order chi connectivity index (χ0) is 8.81. The monoisotopic (exact) mass is 168 g/mol. The van der Waals surface area contributed by atoms with Gasteiger partial charge in [0.2, 0.25) is 0 Å². The first-order chi connectivity index (χ1) is 5.79. The lowest BCUT2D eigenvalue weighted by molar-refractivity contribution is -0.141. The van der Waals surface area contributed by atoms with Crippen molar-refractivity contribution in [1.29, 1.82) is 0 Å². The molecule has 0 aromatic rings. The first kappa shape index (κ1) is 9.30. The van der Waals surface area contributed by atoms with Gasteiger partial charge >= 0.3 is 5.97 Å². The normalized spacial score (nSPS) is 22.2. The van der Waals surface area contributed by atoms with Crippen molar-refractivity contribution in [3.05, 3.63) is 12.2 Å². The Morgan fingerprint density at radius 2 is 2.42 bits per heavy atom. The first-order valence-corrected chi connectivity index (χ1v) is 4.57. The molecular weight excluding hydrogens is 152 g/mol. The van der Waals surface area contributed by atoms with Gasteiger partial charge in [-0.15, -0.1) is 0 Å². The van der Waals surface area contributed by atoms with E-state index in [4.69, 9.17) is 4.74 Å². The van der Waals surface area contributed by atoms with Crippen LogP contribution < -0.4 is 0 Å². The maximum Gasteiger partial charge on any atom is 0.302 e. The summed E-state index contributed by atoms with van der Waals surface area (Å²) >= 11 is 0. The molecule has 2 heteroatoms. The molecule has 0 fully saturated rings. The SMILES string of the molecule is CC(=O)OCC[C@@H]1CC=CCC1. The zero-order valence-corrected chi connectivity index (χ0v) is 7.58. The number of carbonyl (C=O) groups is 1. The maximum absolute atomic E-state index is 10.4. The summed E-state index contributed by atoms with van der Waals surface area (Å²) in [7, 11) is 0. The van der Waals surface area contributed by atoms with Gasteiger partial charge in [0.05, 0.1) is 6.61 Å². The smallest absolute Gasteiger partial charge is 0.302 e. The summed E-state index contributed by atoms with van der Waals surface area (Å²) in [4.78, 5) is 10.4. The highest BCUT2D eigenvalue weighted by atomic mass is 16.5. The van der Waals surface area contributed by atoms with Crippen LogP contribution in [0.15, 0.2) is 12.2 Å². The van der Waals surface area contributed by atoms with Crippen molar-refractivity contribution >= 4 is 5.97 Å². The topological polar surface area (TPSA) is 26.3 Å². The van der Waals surface area contributed by atoms with E-state index in [0.717, 1.165) is 18.8 Å². The van der Waals surface area contributed by atoms with Gasteiger partial charge in [-0.3, -0.25) is 4.79 Å². The average molecular weight is 168 g/mol. The standard InChI is InChI=1S/C10H16O2/c1-9(11)12-8-7-10-5-3-2-4-6-10/h2-3,10H,4-8H2,1H3/t10-/m1/s1. The molecule has 0 saturated carbocycles. The van der Waals surface area contributed by atoms with Crippen molar-refractivity contribution < 1.29 is 9.53 Å². The number of carbonyl (C=O) groups excluding carboxylic acids is 1. The minimum Gasteiger partial charge on any atom is -0.466 e. The van der Waals surface area contributed by atoms with Gasteiger partial charge in [0.15, 0.2) is 0 Å². The third-order valence-electron chi connectivity index (χ3n) is 2.21. The van der Waals surface area contributed by atoms with E-state index < -0.39 is 0 Å². The zero-order valence-electron chi connectivity index (χ0n) is 7.58. The lowest BCUT2D eigenvalue weighted by Gasteiger charge is -2.16. The van der Waals surface area contributed by atoms with Crippen molar-refractivity contribution in [2.24, 2.45) is 5.92 Å². The van der Waals surface area contributed by atoms with Crippen molar-refractivity contribution in [2.75, 3.05) is 6.61 Å². The third-order valence-corrected chi connectivity index (χ3v) is 2.21. The van der Waals surface area contributed by atoms with Crippen LogP contribution in [0.25, 0.3) is 0 Å². The molecule has 0 N–H and O–H groups in total. The van der Waals surface area contributed by atoms with Crippen LogP contribution in [0.1, 0.15) is 32.6 Å². The Labute approximate surface area is 73.6 Å². The number of hydrogen-bond donors (Lipinski definition) is 0. The molecule has 1 aliphatic carbocycles. The molecule has 0 aliphatic heterocycles. The molecule has 0 amide bonds. The highest BCUT2D eigenvalue weighted by Gasteiger charge is 2.09. The van der Waals surface area contributed by atoms with E-state index in [9.17, 15) is 4.79 Å². The van der Waals surface area contributed by atoms with Gasteiger partial charge in [-0.1, -0.05) is 12.2 Å². The summed E-state index contributed by atoms with van der Waals surface area (Å²) in [5.74, 6) is 0.565. The van der Waals surface area contributed by atoms with Crippen molar-refractivity contribution in [3.8, 4) is 0 Å². The van der Waals surface area contributed by atoms with Crippen LogP contribution in [0, 0.1) is 5.92 Å². The highest BCUT2D eigenvalue weighted by Crippen LogP contribution is 2.21. The molecule has 0 spiro atoms. The third kappa shape index (κ3) is 3.56. The summed E-state index contributed by atoms with van der Waals surface area (Å²) in [5, 5.41) is 0. The van der Waals surface area contributed by atoms with Crippen LogP contribution in [0.2, 0.25) is 0 Å². The van der Waals surface area contributed by atoms with Crippen LogP contribution in [-0.2, 0) is 9.53 Å². The number of allylic oxidation sites excluding steroid dienone is 2. The van der Waals surface area contributed by atoms with Gasteiger partial charge in [-0.25, -0.2) is 0 Å². The fraction of sp³-hybridized carbons (Fsp3) is 0.700. The van der Waals surface area contributed by atoms with Crippen LogP contribution in [0.5, 0.6) is 0 Å². The number of ether oxygens (including phenoxy) is 1. The predicted octanol–water partition coefficient (Wildman–Crippen LogP) is 2.30. The van der Waals surface area contributed by atoms with E-state index in [0.29, 0.717) is 6.61 Å². The number of rotatable bonds is 3. The van der Waals surface area contributed by atoms with Gasteiger partial charge in [0.1, 0.15) is 0 Å². The Balaban J connectivity index is 2.06. The predicted molar refractivity (Wildman–Crippen MR) is 47.7 cm³/mol. The molecule has 0 saturated heterocycles.